The maximum absolute atomic E-state index is 9.18. The molecule has 2 atom stereocenters. The SMILES string of the molecule is CCCNC(C)(C#N)CCCCSC(C)CCO. The molecule has 2 unspecified atom stereocenters. The van der Waals surface area contributed by atoms with E-state index in [9.17, 15) is 5.26 Å². The van der Waals surface area contributed by atoms with Gasteiger partial charge in [0.15, 0.2) is 0 Å². The summed E-state index contributed by atoms with van der Waals surface area (Å²) in [5.74, 6) is 1.12. The Morgan fingerprint density at radius 2 is 2.17 bits per heavy atom. The minimum Gasteiger partial charge on any atom is -0.396 e. The lowest BCUT2D eigenvalue weighted by Crippen LogP contribution is -2.41. The average Bonchev–Trinajstić information content (AvgIpc) is 2.36. The fourth-order valence-corrected chi connectivity index (χ4v) is 2.76. The molecule has 0 aliphatic carbocycles. The molecule has 106 valence electrons. The molecule has 0 saturated carbocycles. The normalized spacial score (nSPS) is 15.9. The highest BCUT2D eigenvalue weighted by atomic mass is 32.2. The van der Waals surface area contributed by atoms with Crippen molar-refractivity contribution in [3.05, 3.63) is 0 Å². The summed E-state index contributed by atoms with van der Waals surface area (Å²) in [6, 6.07) is 2.38. The fraction of sp³-hybridized carbons (Fsp3) is 0.929. The maximum atomic E-state index is 9.18. The minimum absolute atomic E-state index is 0.279. The largest absolute Gasteiger partial charge is 0.396 e. The number of hydrogen-bond donors (Lipinski definition) is 2. The zero-order chi connectivity index (χ0) is 13.9. The van der Waals surface area contributed by atoms with Gasteiger partial charge in [-0.3, -0.25) is 5.32 Å². The molecule has 18 heavy (non-hydrogen) atoms. The van der Waals surface area contributed by atoms with Crippen molar-refractivity contribution < 1.29 is 5.11 Å². The summed E-state index contributed by atoms with van der Waals surface area (Å²) < 4.78 is 0. The van der Waals surface area contributed by atoms with Gasteiger partial charge in [-0.15, -0.1) is 0 Å². The van der Waals surface area contributed by atoms with E-state index < -0.39 is 0 Å². The Kier molecular flexibility index (Phi) is 10.5. The summed E-state index contributed by atoms with van der Waals surface area (Å²) in [6.45, 7) is 7.45. The van der Waals surface area contributed by atoms with Crippen molar-refractivity contribution in [1.82, 2.24) is 5.32 Å². The van der Waals surface area contributed by atoms with Crippen LogP contribution < -0.4 is 5.32 Å². The molecule has 0 amide bonds. The molecule has 0 aromatic heterocycles. The van der Waals surface area contributed by atoms with E-state index in [1.165, 1.54) is 0 Å². The molecule has 4 heteroatoms. The Balaban J connectivity index is 3.65. The van der Waals surface area contributed by atoms with E-state index in [1.807, 2.05) is 18.7 Å². The number of hydrogen-bond acceptors (Lipinski definition) is 4. The number of unbranched alkanes of at least 4 members (excludes halogenated alkanes) is 1. The Bertz CT molecular complexity index is 242. The maximum Gasteiger partial charge on any atom is 0.103 e. The minimum atomic E-state index is -0.364. The van der Waals surface area contributed by atoms with Gasteiger partial charge in [0.05, 0.1) is 6.07 Å². The van der Waals surface area contributed by atoms with Crippen molar-refractivity contribution in [2.75, 3.05) is 18.9 Å². The fourth-order valence-electron chi connectivity index (χ4n) is 1.71. The first kappa shape index (κ1) is 17.8. The zero-order valence-electron chi connectivity index (χ0n) is 12.0. The molecular formula is C14H28N2OS. The predicted octanol–water partition coefficient (Wildman–Crippen LogP) is 2.94. The summed E-state index contributed by atoms with van der Waals surface area (Å²) >= 11 is 1.91. The van der Waals surface area contributed by atoms with Crippen LogP contribution in [0, 0.1) is 11.3 Å². The predicted molar refractivity (Wildman–Crippen MR) is 79.8 cm³/mol. The van der Waals surface area contributed by atoms with Gasteiger partial charge in [-0.25, -0.2) is 0 Å². The van der Waals surface area contributed by atoms with Crippen LogP contribution in [0.5, 0.6) is 0 Å². The third-order valence-electron chi connectivity index (χ3n) is 3.02. The van der Waals surface area contributed by atoms with Crippen LogP contribution >= 0.6 is 11.8 Å². The van der Waals surface area contributed by atoms with Crippen molar-refractivity contribution in [3.63, 3.8) is 0 Å². The number of nitriles is 1. The van der Waals surface area contributed by atoms with Gasteiger partial charge in [0.2, 0.25) is 0 Å². The molecule has 0 radical (unpaired) electrons. The number of aliphatic hydroxyl groups is 1. The van der Waals surface area contributed by atoms with Crippen molar-refractivity contribution in [1.29, 1.82) is 5.26 Å². The number of rotatable bonds is 11. The van der Waals surface area contributed by atoms with Gasteiger partial charge in [0.25, 0.3) is 0 Å². The van der Waals surface area contributed by atoms with Gasteiger partial charge in [0, 0.05) is 11.9 Å². The molecule has 0 spiro atoms. The second-order valence-electron chi connectivity index (χ2n) is 5.02. The molecule has 3 nitrogen and oxygen atoms in total. The van der Waals surface area contributed by atoms with Crippen LogP contribution in [-0.4, -0.2) is 34.8 Å². The van der Waals surface area contributed by atoms with Crippen molar-refractivity contribution in [2.45, 2.75) is 63.7 Å². The Morgan fingerprint density at radius 1 is 1.44 bits per heavy atom. The number of nitrogens with zero attached hydrogens (tertiary/aromatic N) is 1. The molecule has 0 rings (SSSR count). The van der Waals surface area contributed by atoms with Crippen LogP contribution in [0.3, 0.4) is 0 Å². The van der Waals surface area contributed by atoms with Crippen molar-refractivity contribution in [2.24, 2.45) is 0 Å². The molecule has 0 aromatic carbocycles. The smallest absolute Gasteiger partial charge is 0.103 e. The van der Waals surface area contributed by atoms with Crippen LogP contribution in [0.1, 0.15) is 52.9 Å². The van der Waals surface area contributed by atoms with Gasteiger partial charge in [-0.2, -0.15) is 17.0 Å². The quantitative estimate of drug-likeness (QED) is 0.568. The van der Waals surface area contributed by atoms with Gasteiger partial charge in [-0.1, -0.05) is 13.8 Å². The molecule has 0 aromatic rings. The summed E-state index contributed by atoms with van der Waals surface area (Å²) in [6.07, 6.45) is 5.08. The standard InChI is InChI=1S/C14H28N2OS/c1-4-9-16-14(3,12-15)8-5-6-11-18-13(2)7-10-17/h13,16-17H,4-11H2,1-3H3. The molecular weight excluding hydrogens is 244 g/mol. The van der Waals surface area contributed by atoms with Crippen LogP contribution in [0.15, 0.2) is 0 Å². The Hall–Kier alpha value is -0.240. The van der Waals surface area contributed by atoms with E-state index >= 15 is 0 Å². The van der Waals surface area contributed by atoms with Crippen LogP contribution in [-0.2, 0) is 0 Å². The third kappa shape index (κ3) is 8.79. The molecule has 0 fully saturated rings. The number of aliphatic hydroxyl groups excluding tert-OH is 1. The summed E-state index contributed by atoms with van der Waals surface area (Å²) in [4.78, 5) is 0. The molecule has 0 bridgehead atoms. The van der Waals surface area contributed by atoms with Crippen molar-refractivity contribution in [3.8, 4) is 6.07 Å². The molecule has 0 aliphatic rings. The second-order valence-corrected chi connectivity index (χ2v) is 6.57. The highest BCUT2D eigenvalue weighted by molar-refractivity contribution is 7.99. The zero-order valence-corrected chi connectivity index (χ0v) is 12.9. The molecule has 0 aliphatic heterocycles. The third-order valence-corrected chi connectivity index (χ3v) is 4.35. The van der Waals surface area contributed by atoms with Gasteiger partial charge >= 0.3 is 0 Å². The van der Waals surface area contributed by atoms with E-state index in [-0.39, 0.29) is 12.1 Å². The van der Waals surface area contributed by atoms with E-state index in [0.29, 0.717) is 5.25 Å². The molecule has 0 heterocycles. The first-order valence-corrected chi connectivity index (χ1v) is 8.01. The lowest BCUT2D eigenvalue weighted by Gasteiger charge is -2.23. The topological polar surface area (TPSA) is 56.0 Å². The highest BCUT2D eigenvalue weighted by Crippen LogP contribution is 2.18. The number of nitrogens with one attached hydrogen (secondary N) is 1. The summed E-state index contributed by atoms with van der Waals surface area (Å²) in [7, 11) is 0. The second kappa shape index (κ2) is 10.7. The van der Waals surface area contributed by atoms with Gasteiger partial charge in [0.1, 0.15) is 5.54 Å². The first-order chi connectivity index (χ1) is 8.58. The summed E-state index contributed by atoms with van der Waals surface area (Å²) in [5, 5.41) is 21.8. The monoisotopic (exact) mass is 272 g/mol. The van der Waals surface area contributed by atoms with E-state index in [2.05, 4.69) is 25.2 Å². The van der Waals surface area contributed by atoms with Crippen LogP contribution in [0.4, 0.5) is 0 Å². The van der Waals surface area contributed by atoms with Gasteiger partial charge < -0.3 is 5.11 Å². The number of thioether (sulfide) groups is 1. The van der Waals surface area contributed by atoms with Gasteiger partial charge in [-0.05, 0) is 51.3 Å². The Morgan fingerprint density at radius 3 is 2.72 bits per heavy atom. The van der Waals surface area contributed by atoms with E-state index in [4.69, 9.17) is 5.11 Å². The summed E-state index contributed by atoms with van der Waals surface area (Å²) in [5.41, 5.74) is -0.364. The first-order valence-electron chi connectivity index (χ1n) is 6.96. The lowest BCUT2D eigenvalue weighted by atomic mass is 9.96. The molecule has 0 saturated heterocycles. The van der Waals surface area contributed by atoms with Crippen molar-refractivity contribution >= 4 is 11.8 Å². The molecule has 2 N–H and O–H groups in total. The Labute approximate surface area is 116 Å². The highest BCUT2D eigenvalue weighted by Gasteiger charge is 2.21. The van der Waals surface area contributed by atoms with Crippen LogP contribution in [0.2, 0.25) is 0 Å². The lowest BCUT2D eigenvalue weighted by molar-refractivity contribution is 0.289. The van der Waals surface area contributed by atoms with E-state index in [1.54, 1.807) is 0 Å². The van der Waals surface area contributed by atoms with E-state index in [0.717, 1.165) is 44.4 Å². The average molecular weight is 272 g/mol. The van der Waals surface area contributed by atoms with Crippen LogP contribution in [0.25, 0.3) is 0 Å².